The van der Waals surface area contributed by atoms with Crippen molar-refractivity contribution in [1.82, 2.24) is 0 Å². The van der Waals surface area contributed by atoms with Gasteiger partial charge in [0.2, 0.25) is 0 Å². The van der Waals surface area contributed by atoms with E-state index in [1.807, 2.05) is 38.1 Å². The second kappa shape index (κ2) is 6.13. The molecule has 1 aromatic carbocycles. The van der Waals surface area contributed by atoms with Gasteiger partial charge in [0.25, 0.3) is 0 Å². The molecule has 0 bridgehead atoms. The second-order valence-electron chi connectivity index (χ2n) is 4.05. The Bertz CT molecular complexity index is 377. The molecule has 4 heteroatoms. The van der Waals surface area contributed by atoms with Gasteiger partial charge in [0.1, 0.15) is 11.8 Å². The number of nitrogens with one attached hydrogen (secondary N) is 1. The molecule has 0 aliphatic rings. The predicted molar refractivity (Wildman–Crippen MR) is 67.3 cm³/mol. The van der Waals surface area contributed by atoms with Crippen LogP contribution in [0.4, 0.5) is 5.69 Å². The lowest BCUT2D eigenvalue weighted by Gasteiger charge is -2.18. The van der Waals surface area contributed by atoms with Gasteiger partial charge in [-0.2, -0.15) is 0 Å². The van der Waals surface area contributed by atoms with E-state index in [-0.39, 0.29) is 12.1 Å². The van der Waals surface area contributed by atoms with Crippen LogP contribution in [0.2, 0.25) is 0 Å². The number of para-hydroxylation sites is 2. The van der Waals surface area contributed by atoms with Crippen LogP contribution in [0, 0.1) is 0 Å². The monoisotopic (exact) mass is 237 g/mol. The van der Waals surface area contributed by atoms with Gasteiger partial charge in [-0.1, -0.05) is 12.1 Å². The highest BCUT2D eigenvalue weighted by molar-refractivity contribution is 5.79. The van der Waals surface area contributed by atoms with Crippen LogP contribution in [-0.4, -0.2) is 25.2 Å². The molecule has 0 saturated heterocycles. The van der Waals surface area contributed by atoms with E-state index in [9.17, 15) is 4.79 Å². The summed E-state index contributed by atoms with van der Waals surface area (Å²) in [6.45, 7) is 5.67. The number of benzene rings is 1. The Labute approximate surface area is 102 Å². The SMILES string of the molecule is COC(=O)C(C)Nc1ccccc1OC(C)C. The number of ether oxygens (including phenoxy) is 2. The summed E-state index contributed by atoms with van der Waals surface area (Å²) in [6.07, 6.45) is 0.0892. The number of hydrogen-bond acceptors (Lipinski definition) is 4. The average molecular weight is 237 g/mol. The molecular weight excluding hydrogens is 218 g/mol. The molecule has 17 heavy (non-hydrogen) atoms. The summed E-state index contributed by atoms with van der Waals surface area (Å²) in [4.78, 5) is 11.3. The molecule has 1 unspecified atom stereocenters. The quantitative estimate of drug-likeness (QED) is 0.799. The van der Waals surface area contributed by atoms with E-state index in [1.54, 1.807) is 6.92 Å². The van der Waals surface area contributed by atoms with Crippen molar-refractivity contribution in [3.05, 3.63) is 24.3 Å². The first-order chi connectivity index (χ1) is 8.04. The molecule has 1 rings (SSSR count). The van der Waals surface area contributed by atoms with E-state index in [2.05, 4.69) is 10.1 Å². The van der Waals surface area contributed by atoms with Crippen LogP contribution in [-0.2, 0) is 9.53 Å². The molecule has 0 saturated carbocycles. The molecule has 1 atom stereocenters. The fourth-order valence-corrected chi connectivity index (χ4v) is 1.41. The smallest absolute Gasteiger partial charge is 0.327 e. The van der Waals surface area contributed by atoms with Gasteiger partial charge in [-0.25, -0.2) is 4.79 Å². The third-order valence-electron chi connectivity index (χ3n) is 2.18. The van der Waals surface area contributed by atoms with E-state index < -0.39 is 6.04 Å². The van der Waals surface area contributed by atoms with Crippen molar-refractivity contribution in [2.24, 2.45) is 0 Å². The Kier molecular flexibility index (Phi) is 4.82. The van der Waals surface area contributed by atoms with E-state index >= 15 is 0 Å². The van der Waals surface area contributed by atoms with Gasteiger partial charge in [-0.3, -0.25) is 0 Å². The van der Waals surface area contributed by atoms with Crippen molar-refractivity contribution >= 4 is 11.7 Å². The minimum atomic E-state index is -0.406. The normalized spacial score (nSPS) is 12.1. The van der Waals surface area contributed by atoms with Gasteiger partial charge < -0.3 is 14.8 Å². The maximum atomic E-state index is 11.3. The van der Waals surface area contributed by atoms with Crippen LogP contribution in [0.15, 0.2) is 24.3 Å². The number of carbonyl (C=O) groups is 1. The highest BCUT2D eigenvalue weighted by Gasteiger charge is 2.14. The third-order valence-corrected chi connectivity index (χ3v) is 2.18. The fourth-order valence-electron chi connectivity index (χ4n) is 1.41. The summed E-state index contributed by atoms with van der Waals surface area (Å²) >= 11 is 0. The lowest BCUT2D eigenvalue weighted by molar-refractivity contribution is -0.141. The van der Waals surface area contributed by atoms with Gasteiger partial charge in [0.05, 0.1) is 18.9 Å². The van der Waals surface area contributed by atoms with Crippen LogP contribution in [0.25, 0.3) is 0 Å². The molecule has 0 aromatic heterocycles. The first-order valence-corrected chi connectivity index (χ1v) is 5.64. The predicted octanol–water partition coefficient (Wildman–Crippen LogP) is 2.45. The third kappa shape index (κ3) is 3.98. The zero-order valence-electron chi connectivity index (χ0n) is 10.7. The van der Waals surface area contributed by atoms with E-state index in [0.29, 0.717) is 0 Å². The Morgan fingerprint density at radius 1 is 1.24 bits per heavy atom. The lowest BCUT2D eigenvalue weighted by Crippen LogP contribution is -2.27. The molecule has 0 aliphatic carbocycles. The summed E-state index contributed by atoms with van der Waals surface area (Å²) in [5.41, 5.74) is 0.791. The van der Waals surface area contributed by atoms with E-state index in [0.717, 1.165) is 11.4 Å². The van der Waals surface area contributed by atoms with Crippen LogP contribution in [0.3, 0.4) is 0 Å². The van der Waals surface area contributed by atoms with Crippen LogP contribution < -0.4 is 10.1 Å². The van der Waals surface area contributed by atoms with E-state index in [1.165, 1.54) is 7.11 Å². The minimum Gasteiger partial charge on any atom is -0.489 e. The Morgan fingerprint density at radius 3 is 2.47 bits per heavy atom. The molecule has 4 nitrogen and oxygen atoms in total. The van der Waals surface area contributed by atoms with Gasteiger partial charge in [-0.15, -0.1) is 0 Å². The zero-order chi connectivity index (χ0) is 12.8. The van der Waals surface area contributed by atoms with Gasteiger partial charge in [0.15, 0.2) is 0 Å². The molecule has 1 aromatic rings. The summed E-state index contributed by atoms with van der Waals surface area (Å²) in [5, 5.41) is 3.07. The number of carbonyl (C=O) groups excluding carboxylic acids is 1. The lowest BCUT2D eigenvalue weighted by atomic mass is 10.2. The maximum Gasteiger partial charge on any atom is 0.327 e. The Morgan fingerprint density at radius 2 is 1.88 bits per heavy atom. The Balaban J connectivity index is 2.79. The molecule has 94 valence electrons. The average Bonchev–Trinajstić information content (AvgIpc) is 2.29. The summed E-state index contributed by atoms with van der Waals surface area (Å²) in [7, 11) is 1.37. The molecule has 0 heterocycles. The van der Waals surface area contributed by atoms with Gasteiger partial charge in [-0.05, 0) is 32.9 Å². The summed E-state index contributed by atoms with van der Waals surface area (Å²) in [5.74, 6) is 0.433. The van der Waals surface area contributed by atoms with E-state index in [4.69, 9.17) is 4.74 Å². The van der Waals surface area contributed by atoms with Crippen molar-refractivity contribution in [1.29, 1.82) is 0 Å². The molecule has 0 amide bonds. The van der Waals surface area contributed by atoms with Crippen molar-refractivity contribution < 1.29 is 14.3 Å². The molecule has 0 radical (unpaired) electrons. The highest BCUT2D eigenvalue weighted by Crippen LogP contribution is 2.25. The number of anilines is 1. The molecule has 0 fully saturated rings. The zero-order valence-corrected chi connectivity index (χ0v) is 10.7. The first-order valence-electron chi connectivity index (χ1n) is 5.64. The maximum absolute atomic E-state index is 11.3. The number of rotatable bonds is 5. The molecule has 0 aliphatic heterocycles. The Hall–Kier alpha value is -1.71. The van der Waals surface area contributed by atoms with Crippen LogP contribution in [0.1, 0.15) is 20.8 Å². The van der Waals surface area contributed by atoms with Crippen molar-refractivity contribution in [3.8, 4) is 5.75 Å². The van der Waals surface area contributed by atoms with Crippen molar-refractivity contribution in [2.75, 3.05) is 12.4 Å². The van der Waals surface area contributed by atoms with Crippen LogP contribution >= 0.6 is 0 Å². The minimum absolute atomic E-state index is 0.0892. The number of hydrogen-bond donors (Lipinski definition) is 1. The van der Waals surface area contributed by atoms with Gasteiger partial charge >= 0.3 is 5.97 Å². The summed E-state index contributed by atoms with van der Waals surface area (Å²) in [6, 6.07) is 7.12. The topological polar surface area (TPSA) is 47.6 Å². The highest BCUT2D eigenvalue weighted by atomic mass is 16.5. The largest absolute Gasteiger partial charge is 0.489 e. The second-order valence-corrected chi connectivity index (χ2v) is 4.05. The number of esters is 1. The summed E-state index contributed by atoms with van der Waals surface area (Å²) < 4.78 is 10.3. The first kappa shape index (κ1) is 13.4. The standard InChI is InChI=1S/C13H19NO3/c1-9(2)17-12-8-6-5-7-11(12)14-10(3)13(15)16-4/h5-10,14H,1-4H3. The van der Waals surface area contributed by atoms with Crippen LogP contribution in [0.5, 0.6) is 5.75 Å². The van der Waals surface area contributed by atoms with Crippen molar-refractivity contribution in [3.63, 3.8) is 0 Å². The fraction of sp³-hybridized carbons (Fsp3) is 0.462. The molecule has 0 spiro atoms. The molecule has 1 N–H and O–H groups in total. The van der Waals surface area contributed by atoms with Gasteiger partial charge in [0, 0.05) is 0 Å². The number of methoxy groups -OCH3 is 1. The van der Waals surface area contributed by atoms with Crippen molar-refractivity contribution in [2.45, 2.75) is 32.9 Å². The molecular formula is C13H19NO3.